The van der Waals surface area contributed by atoms with Gasteiger partial charge in [-0.05, 0) is 30.5 Å². The molecule has 2 rings (SSSR count). The third kappa shape index (κ3) is 3.38. The van der Waals surface area contributed by atoms with Crippen molar-refractivity contribution in [3.63, 3.8) is 0 Å². The van der Waals surface area contributed by atoms with E-state index in [1.54, 1.807) is 0 Å². The second-order valence-electron chi connectivity index (χ2n) is 4.35. The lowest BCUT2D eigenvalue weighted by atomic mass is 10.1. The van der Waals surface area contributed by atoms with E-state index in [2.05, 4.69) is 5.32 Å². The largest absolute Gasteiger partial charge is 0.490 e. The number of ether oxygens (including phenoxy) is 1. The maximum Gasteiger partial charge on any atom is 0.311 e. The van der Waals surface area contributed by atoms with Crippen molar-refractivity contribution in [1.29, 1.82) is 0 Å². The molecule has 0 aliphatic rings. The van der Waals surface area contributed by atoms with Gasteiger partial charge in [-0.25, -0.2) is 0 Å². The van der Waals surface area contributed by atoms with Crippen molar-refractivity contribution in [1.82, 2.24) is 5.32 Å². The summed E-state index contributed by atoms with van der Waals surface area (Å²) in [6.45, 7) is 1.86. The first kappa shape index (κ1) is 15.0. The number of amides is 1. The molecule has 0 spiro atoms. The van der Waals surface area contributed by atoms with Crippen molar-refractivity contribution in [2.45, 2.75) is 13.0 Å². The molecule has 6 nitrogen and oxygen atoms in total. The topological polar surface area (TPSA) is 81.5 Å². The number of benzene rings is 1. The molecular formula is C14H14N2O4S. The molecular weight excluding hydrogens is 292 g/mol. The number of nitrogens with one attached hydrogen (secondary N) is 1. The van der Waals surface area contributed by atoms with Gasteiger partial charge in [0.05, 0.1) is 18.1 Å². The lowest BCUT2D eigenvalue weighted by Gasteiger charge is -2.12. The molecule has 0 aliphatic carbocycles. The normalized spacial score (nSPS) is 11.7. The Hall–Kier alpha value is -2.41. The zero-order valence-corrected chi connectivity index (χ0v) is 12.3. The molecule has 0 bridgehead atoms. The number of nitrogens with zero attached hydrogens (tertiary/aromatic N) is 1. The fourth-order valence-corrected chi connectivity index (χ4v) is 2.60. The first-order valence-corrected chi connectivity index (χ1v) is 7.07. The Morgan fingerprint density at radius 3 is 2.76 bits per heavy atom. The van der Waals surface area contributed by atoms with E-state index in [1.807, 2.05) is 24.4 Å². The van der Waals surface area contributed by atoms with E-state index in [-0.39, 0.29) is 28.9 Å². The van der Waals surface area contributed by atoms with Gasteiger partial charge in [0.2, 0.25) is 0 Å². The summed E-state index contributed by atoms with van der Waals surface area (Å²) in [4.78, 5) is 23.6. The minimum atomic E-state index is -0.571. The summed E-state index contributed by atoms with van der Waals surface area (Å²) in [7, 11) is 1.35. The van der Waals surface area contributed by atoms with Crippen molar-refractivity contribution >= 4 is 22.9 Å². The Balaban J connectivity index is 2.19. The van der Waals surface area contributed by atoms with Crippen molar-refractivity contribution in [2.24, 2.45) is 0 Å². The van der Waals surface area contributed by atoms with E-state index in [4.69, 9.17) is 4.74 Å². The van der Waals surface area contributed by atoms with Crippen LogP contribution in [-0.2, 0) is 0 Å². The van der Waals surface area contributed by atoms with Crippen LogP contribution in [0.15, 0.2) is 35.7 Å². The van der Waals surface area contributed by atoms with Crippen LogP contribution < -0.4 is 10.1 Å². The highest BCUT2D eigenvalue weighted by Crippen LogP contribution is 2.28. The highest BCUT2D eigenvalue weighted by atomic mass is 32.1. The first-order valence-electron chi connectivity index (χ1n) is 6.19. The molecule has 1 aromatic carbocycles. The van der Waals surface area contributed by atoms with E-state index >= 15 is 0 Å². The number of carbonyl (C=O) groups is 1. The second-order valence-corrected chi connectivity index (χ2v) is 5.33. The monoisotopic (exact) mass is 306 g/mol. The number of thiophene rings is 1. The van der Waals surface area contributed by atoms with Crippen molar-refractivity contribution < 1.29 is 14.5 Å². The molecule has 1 heterocycles. The minimum Gasteiger partial charge on any atom is -0.490 e. The Kier molecular flexibility index (Phi) is 4.54. The molecule has 1 N–H and O–H groups in total. The molecule has 2 aromatic rings. The van der Waals surface area contributed by atoms with Gasteiger partial charge >= 0.3 is 5.69 Å². The van der Waals surface area contributed by atoms with Gasteiger partial charge in [0, 0.05) is 16.5 Å². The Morgan fingerprint density at radius 2 is 2.19 bits per heavy atom. The molecule has 1 aromatic heterocycles. The van der Waals surface area contributed by atoms with E-state index in [0.29, 0.717) is 0 Å². The number of hydrogen-bond acceptors (Lipinski definition) is 5. The lowest BCUT2D eigenvalue weighted by molar-refractivity contribution is -0.385. The molecule has 0 aliphatic heterocycles. The summed E-state index contributed by atoms with van der Waals surface area (Å²) in [6.07, 6.45) is 0. The zero-order chi connectivity index (χ0) is 15.4. The Morgan fingerprint density at radius 1 is 1.43 bits per heavy atom. The number of hydrogen-bond donors (Lipinski definition) is 1. The third-order valence-electron chi connectivity index (χ3n) is 2.96. The second kappa shape index (κ2) is 6.36. The molecule has 1 atom stereocenters. The number of nitro benzene ring substituents is 1. The molecule has 1 unspecified atom stereocenters. The van der Waals surface area contributed by atoms with Crippen LogP contribution in [0.5, 0.6) is 5.75 Å². The first-order chi connectivity index (χ1) is 10.0. The molecule has 0 fully saturated rings. The van der Waals surface area contributed by atoms with E-state index in [1.165, 1.54) is 36.6 Å². The minimum absolute atomic E-state index is 0.128. The van der Waals surface area contributed by atoms with E-state index in [9.17, 15) is 14.9 Å². The van der Waals surface area contributed by atoms with Gasteiger partial charge in [-0.15, -0.1) is 11.3 Å². The standard InChI is InChI=1S/C14H14N2O4S/c1-9(13-4-3-7-21-13)15-14(17)10-5-6-12(20-2)11(8-10)16(18)19/h3-9H,1-2H3,(H,15,17). The molecule has 1 amide bonds. The molecule has 110 valence electrons. The predicted molar refractivity (Wildman–Crippen MR) is 79.8 cm³/mol. The highest BCUT2D eigenvalue weighted by molar-refractivity contribution is 7.10. The van der Waals surface area contributed by atoms with Gasteiger partial charge in [0.15, 0.2) is 5.75 Å². The average Bonchev–Trinajstić information content (AvgIpc) is 3.00. The van der Waals surface area contributed by atoms with E-state index in [0.717, 1.165) is 4.88 Å². The van der Waals surface area contributed by atoms with Crippen LogP contribution in [0.2, 0.25) is 0 Å². The fourth-order valence-electron chi connectivity index (χ4n) is 1.86. The van der Waals surface area contributed by atoms with Crippen LogP contribution in [0.3, 0.4) is 0 Å². The number of carbonyl (C=O) groups excluding carboxylic acids is 1. The average molecular weight is 306 g/mol. The fraction of sp³-hybridized carbons (Fsp3) is 0.214. The highest BCUT2D eigenvalue weighted by Gasteiger charge is 2.19. The Bertz CT molecular complexity index is 655. The summed E-state index contributed by atoms with van der Waals surface area (Å²) < 4.78 is 4.91. The van der Waals surface area contributed by atoms with Gasteiger partial charge in [-0.3, -0.25) is 14.9 Å². The molecule has 0 saturated heterocycles. The van der Waals surface area contributed by atoms with Crippen LogP contribution in [0, 0.1) is 10.1 Å². The lowest BCUT2D eigenvalue weighted by Crippen LogP contribution is -2.26. The summed E-state index contributed by atoms with van der Waals surface area (Å²) in [5, 5.41) is 15.7. The van der Waals surface area contributed by atoms with Crippen molar-refractivity contribution in [3.8, 4) is 5.75 Å². The third-order valence-corrected chi connectivity index (χ3v) is 4.01. The Labute approximate surface area is 125 Å². The summed E-state index contributed by atoms with van der Waals surface area (Å²) in [5.74, 6) is -0.232. The quantitative estimate of drug-likeness (QED) is 0.679. The maximum atomic E-state index is 12.2. The molecule has 0 radical (unpaired) electrons. The molecule has 7 heteroatoms. The molecule has 0 saturated carbocycles. The summed E-state index contributed by atoms with van der Waals surface area (Å²) in [6, 6.07) is 7.81. The van der Waals surface area contributed by atoms with Crippen LogP contribution >= 0.6 is 11.3 Å². The number of methoxy groups -OCH3 is 1. The summed E-state index contributed by atoms with van der Waals surface area (Å²) >= 11 is 1.54. The van der Waals surface area contributed by atoms with Gasteiger partial charge < -0.3 is 10.1 Å². The van der Waals surface area contributed by atoms with Crippen LogP contribution in [-0.4, -0.2) is 17.9 Å². The predicted octanol–water partition coefficient (Wildman–Crippen LogP) is 3.16. The van der Waals surface area contributed by atoms with E-state index < -0.39 is 4.92 Å². The number of nitro groups is 1. The molecule has 21 heavy (non-hydrogen) atoms. The smallest absolute Gasteiger partial charge is 0.311 e. The van der Waals surface area contributed by atoms with Gasteiger partial charge in [0.1, 0.15) is 0 Å². The zero-order valence-electron chi connectivity index (χ0n) is 11.5. The number of rotatable bonds is 5. The van der Waals surface area contributed by atoms with Gasteiger partial charge in [0.25, 0.3) is 5.91 Å². The van der Waals surface area contributed by atoms with Crippen molar-refractivity contribution in [2.75, 3.05) is 7.11 Å². The van der Waals surface area contributed by atoms with Gasteiger partial charge in [-0.1, -0.05) is 6.07 Å². The maximum absolute atomic E-state index is 12.2. The van der Waals surface area contributed by atoms with Crippen LogP contribution in [0.25, 0.3) is 0 Å². The summed E-state index contributed by atoms with van der Waals surface area (Å²) in [5.41, 5.74) is -0.000155. The van der Waals surface area contributed by atoms with Crippen molar-refractivity contribution in [3.05, 3.63) is 56.3 Å². The van der Waals surface area contributed by atoms with Gasteiger partial charge in [-0.2, -0.15) is 0 Å². The van der Waals surface area contributed by atoms with Crippen LogP contribution in [0.1, 0.15) is 28.2 Å². The van der Waals surface area contributed by atoms with Crippen LogP contribution in [0.4, 0.5) is 5.69 Å². The SMILES string of the molecule is COc1ccc(C(=O)NC(C)c2cccs2)cc1[N+](=O)[O-].